The lowest BCUT2D eigenvalue weighted by Gasteiger charge is -2.22. The van der Waals surface area contributed by atoms with Crippen LogP contribution in [0.2, 0.25) is 0 Å². The number of carbonyl (C=O) groups is 1. The zero-order valence-electron chi connectivity index (χ0n) is 12.4. The Hall–Kier alpha value is -1.62. The first-order chi connectivity index (χ1) is 9.27. The molecular weight excluding hydrogens is 261 g/mol. The van der Waals surface area contributed by atoms with Gasteiger partial charge in [-0.25, -0.2) is 4.39 Å². The quantitative estimate of drug-likeness (QED) is 0.807. The van der Waals surface area contributed by atoms with E-state index in [2.05, 4.69) is 5.32 Å². The van der Waals surface area contributed by atoms with E-state index in [0.29, 0.717) is 11.3 Å². The summed E-state index contributed by atoms with van der Waals surface area (Å²) >= 11 is 0. The summed E-state index contributed by atoms with van der Waals surface area (Å²) in [4.78, 5) is 11.1. The van der Waals surface area contributed by atoms with Crippen LogP contribution >= 0.6 is 0 Å². The molecule has 1 atom stereocenters. The standard InChI is InChI=1S/C15H22FNO3/c1-5-17-10(2)12-8-11(16)6-7-13(12)20-9-15(3,4)14(18)19/h6-8,10,17H,5,9H2,1-4H3,(H,18,19). The van der Waals surface area contributed by atoms with Gasteiger partial charge in [-0.1, -0.05) is 6.92 Å². The smallest absolute Gasteiger partial charge is 0.312 e. The molecule has 0 aliphatic heterocycles. The Kier molecular flexibility index (Phi) is 5.51. The van der Waals surface area contributed by atoms with Crippen molar-refractivity contribution in [3.05, 3.63) is 29.6 Å². The molecule has 1 unspecified atom stereocenters. The fourth-order valence-electron chi connectivity index (χ4n) is 1.73. The molecule has 20 heavy (non-hydrogen) atoms. The number of halogens is 1. The average Bonchev–Trinajstić information content (AvgIpc) is 2.37. The molecule has 0 aliphatic rings. The van der Waals surface area contributed by atoms with Crippen LogP contribution in [0.15, 0.2) is 18.2 Å². The second-order valence-corrected chi connectivity index (χ2v) is 5.44. The Bertz CT molecular complexity index is 474. The maximum Gasteiger partial charge on any atom is 0.312 e. The van der Waals surface area contributed by atoms with Crippen molar-refractivity contribution < 1.29 is 19.0 Å². The maximum atomic E-state index is 13.4. The molecule has 0 saturated carbocycles. The van der Waals surface area contributed by atoms with Crippen molar-refractivity contribution in [2.45, 2.75) is 33.7 Å². The third-order valence-electron chi connectivity index (χ3n) is 3.12. The van der Waals surface area contributed by atoms with Crippen molar-refractivity contribution in [3.8, 4) is 5.75 Å². The molecule has 0 aromatic heterocycles. The van der Waals surface area contributed by atoms with Crippen LogP contribution in [-0.2, 0) is 4.79 Å². The predicted octanol–water partition coefficient (Wildman–Crippen LogP) is 2.99. The van der Waals surface area contributed by atoms with Crippen LogP contribution in [0.3, 0.4) is 0 Å². The summed E-state index contributed by atoms with van der Waals surface area (Å²) in [5.74, 6) is -0.760. The molecule has 5 heteroatoms. The van der Waals surface area contributed by atoms with Gasteiger partial charge in [0.05, 0.1) is 5.41 Å². The first-order valence-electron chi connectivity index (χ1n) is 6.67. The fourth-order valence-corrected chi connectivity index (χ4v) is 1.73. The summed E-state index contributed by atoms with van der Waals surface area (Å²) < 4.78 is 19.0. The van der Waals surface area contributed by atoms with E-state index in [1.807, 2.05) is 13.8 Å². The molecule has 0 spiro atoms. The molecule has 0 saturated heterocycles. The molecule has 1 rings (SSSR count). The van der Waals surface area contributed by atoms with Gasteiger partial charge in [-0.2, -0.15) is 0 Å². The van der Waals surface area contributed by atoms with Gasteiger partial charge in [0.1, 0.15) is 18.2 Å². The van der Waals surface area contributed by atoms with Gasteiger partial charge in [-0.15, -0.1) is 0 Å². The zero-order valence-corrected chi connectivity index (χ0v) is 12.4. The summed E-state index contributed by atoms with van der Waals surface area (Å²) in [5.41, 5.74) is -0.305. The third kappa shape index (κ3) is 4.20. The molecule has 0 fully saturated rings. The molecule has 1 aromatic rings. The normalized spacial score (nSPS) is 13.1. The summed E-state index contributed by atoms with van der Waals surface area (Å²) in [6.45, 7) is 7.83. The summed E-state index contributed by atoms with van der Waals surface area (Å²) in [6, 6.07) is 4.19. The number of carboxylic acid groups (broad SMARTS) is 1. The van der Waals surface area contributed by atoms with Gasteiger partial charge in [-0.05, 0) is 45.5 Å². The number of nitrogens with one attached hydrogen (secondary N) is 1. The van der Waals surface area contributed by atoms with E-state index in [1.54, 1.807) is 13.8 Å². The Morgan fingerprint density at radius 2 is 2.15 bits per heavy atom. The minimum atomic E-state index is -0.993. The van der Waals surface area contributed by atoms with Gasteiger partial charge in [0, 0.05) is 11.6 Å². The fraction of sp³-hybridized carbons (Fsp3) is 0.533. The van der Waals surface area contributed by atoms with Crippen molar-refractivity contribution in [1.82, 2.24) is 5.32 Å². The second-order valence-electron chi connectivity index (χ2n) is 5.44. The highest BCUT2D eigenvalue weighted by atomic mass is 19.1. The van der Waals surface area contributed by atoms with E-state index in [9.17, 15) is 9.18 Å². The van der Waals surface area contributed by atoms with Crippen molar-refractivity contribution in [2.75, 3.05) is 13.2 Å². The Labute approximate surface area is 119 Å². The largest absolute Gasteiger partial charge is 0.492 e. The highest BCUT2D eigenvalue weighted by Crippen LogP contribution is 2.28. The average molecular weight is 283 g/mol. The molecular formula is C15H22FNO3. The van der Waals surface area contributed by atoms with Gasteiger partial charge in [0.2, 0.25) is 0 Å². The van der Waals surface area contributed by atoms with E-state index in [1.165, 1.54) is 18.2 Å². The number of ether oxygens (including phenoxy) is 1. The first kappa shape index (κ1) is 16.4. The molecule has 0 amide bonds. The minimum Gasteiger partial charge on any atom is -0.492 e. The number of rotatable bonds is 7. The molecule has 0 bridgehead atoms. The monoisotopic (exact) mass is 283 g/mol. The van der Waals surface area contributed by atoms with Crippen LogP contribution in [0.4, 0.5) is 4.39 Å². The summed E-state index contributed by atoms with van der Waals surface area (Å²) in [5, 5.41) is 12.3. The van der Waals surface area contributed by atoms with Crippen molar-refractivity contribution >= 4 is 5.97 Å². The van der Waals surface area contributed by atoms with E-state index in [0.717, 1.165) is 6.54 Å². The molecule has 2 N–H and O–H groups in total. The van der Waals surface area contributed by atoms with Gasteiger partial charge in [0.25, 0.3) is 0 Å². The van der Waals surface area contributed by atoms with Crippen LogP contribution < -0.4 is 10.1 Å². The Morgan fingerprint density at radius 3 is 2.70 bits per heavy atom. The van der Waals surface area contributed by atoms with Crippen LogP contribution in [0.25, 0.3) is 0 Å². The molecule has 0 heterocycles. The Morgan fingerprint density at radius 1 is 1.50 bits per heavy atom. The minimum absolute atomic E-state index is 0.0276. The highest BCUT2D eigenvalue weighted by molar-refractivity contribution is 5.73. The molecule has 0 radical (unpaired) electrons. The Balaban J connectivity index is 2.92. The van der Waals surface area contributed by atoms with E-state index >= 15 is 0 Å². The number of carboxylic acids is 1. The second kappa shape index (κ2) is 6.70. The molecule has 4 nitrogen and oxygen atoms in total. The van der Waals surface area contributed by atoms with Crippen LogP contribution in [0, 0.1) is 11.2 Å². The maximum absolute atomic E-state index is 13.4. The van der Waals surface area contributed by atoms with E-state index in [4.69, 9.17) is 9.84 Å². The zero-order chi connectivity index (χ0) is 15.3. The van der Waals surface area contributed by atoms with Crippen molar-refractivity contribution in [2.24, 2.45) is 5.41 Å². The first-order valence-corrected chi connectivity index (χ1v) is 6.67. The lowest BCUT2D eigenvalue weighted by atomic mass is 9.95. The van der Waals surface area contributed by atoms with Gasteiger partial charge in [0.15, 0.2) is 0 Å². The number of benzene rings is 1. The van der Waals surface area contributed by atoms with Crippen LogP contribution in [-0.4, -0.2) is 24.2 Å². The SMILES string of the molecule is CCNC(C)c1cc(F)ccc1OCC(C)(C)C(=O)O. The number of hydrogen-bond acceptors (Lipinski definition) is 3. The molecule has 112 valence electrons. The number of hydrogen-bond donors (Lipinski definition) is 2. The summed E-state index contributed by atoms with van der Waals surface area (Å²) in [7, 11) is 0. The van der Waals surface area contributed by atoms with Gasteiger partial charge < -0.3 is 15.2 Å². The topological polar surface area (TPSA) is 58.6 Å². The van der Waals surface area contributed by atoms with Gasteiger partial charge in [-0.3, -0.25) is 4.79 Å². The van der Waals surface area contributed by atoms with Crippen LogP contribution in [0.5, 0.6) is 5.75 Å². The third-order valence-corrected chi connectivity index (χ3v) is 3.12. The van der Waals surface area contributed by atoms with E-state index < -0.39 is 11.4 Å². The van der Waals surface area contributed by atoms with Crippen LogP contribution in [0.1, 0.15) is 39.3 Å². The van der Waals surface area contributed by atoms with Crippen molar-refractivity contribution in [3.63, 3.8) is 0 Å². The summed E-state index contributed by atoms with van der Waals surface area (Å²) in [6.07, 6.45) is 0. The lowest BCUT2D eigenvalue weighted by molar-refractivity contribution is -0.148. The molecule has 1 aromatic carbocycles. The number of aliphatic carboxylic acids is 1. The predicted molar refractivity (Wildman–Crippen MR) is 75.4 cm³/mol. The van der Waals surface area contributed by atoms with Gasteiger partial charge >= 0.3 is 5.97 Å². The lowest BCUT2D eigenvalue weighted by Crippen LogP contribution is -2.31. The van der Waals surface area contributed by atoms with E-state index in [-0.39, 0.29) is 18.5 Å². The van der Waals surface area contributed by atoms with Crippen molar-refractivity contribution in [1.29, 1.82) is 0 Å². The molecule has 0 aliphatic carbocycles. The highest BCUT2D eigenvalue weighted by Gasteiger charge is 2.28.